The Balaban J connectivity index is 0.000000852. The Kier molecular flexibility index (Phi) is 4.20. The summed E-state index contributed by atoms with van der Waals surface area (Å²) in [5.74, 6) is 1.96. The van der Waals surface area contributed by atoms with Crippen molar-refractivity contribution in [1.29, 1.82) is 0 Å². The summed E-state index contributed by atoms with van der Waals surface area (Å²) < 4.78 is 0. The van der Waals surface area contributed by atoms with Crippen molar-refractivity contribution in [3.8, 4) is 0 Å². The second-order valence-corrected chi connectivity index (χ2v) is 9.55. The highest BCUT2D eigenvalue weighted by Crippen LogP contribution is 2.56. The van der Waals surface area contributed by atoms with Gasteiger partial charge in [0, 0.05) is 5.92 Å². The van der Waals surface area contributed by atoms with E-state index in [1.165, 1.54) is 38.5 Å². The molecular weight excluding hydrogens is 360 g/mol. The Morgan fingerprint density at radius 1 is 0.833 bits per heavy atom. The monoisotopic (exact) mass is 392 g/mol. The number of hydrogen-bond acceptors (Lipinski definition) is 0. The minimum absolute atomic E-state index is 0.594. The Hall–Kier alpha value is -2.34. The van der Waals surface area contributed by atoms with Crippen molar-refractivity contribution in [1.82, 2.24) is 0 Å². The molecule has 0 heterocycles. The molecule has 0 spiro atoms. The minimum atomic E-state index is 0.594. The Labute approximate surface area is 181 Å². The van der Waals surface area contributed by atoms with Crippen LogP contribution >= 0.6 is 0 Å². The fraction of sp³-hybridized carbons (Fsp3) is 0.400. The zero-order valence-corrected chi connectivity index (χ0v) is 18.6. The third kappa shape index (κ3) is 2.34. The van der Waals surface area contributed by atoms with Gasteiger partial charge in [-0.1, -0.05) is 80.5 Å². The Morgan fingerprint density at radius 2 is 1.63 bits per heavy atom. The van der Waals surface area contributed by atoms with Gasteiger partial charge in [0.25, 0.3) is 0 Å². The van der Waals surface area contributed by atoms with Crippen molar-refractivity contribution < 1.29 is 0 Å². The van der Waals surface area contributed by atoms with Crippen molar-refractivity contribution in [3.63, 3.8) is 0 Å². The second kappa shape index (κ2) is 6.84. The molecule has 0 radical (unpaired) electrons. The summed E-state index contributed by atoms with van der Waals surface area (Å²) in [5, 5.41) is 0. The van der Waals surface area contributed by atoms with Gasteiger partial charge < -0.3 is 0 Å². The summed E-state index contributed by atoms with van der Waals surface area (Å²) in [5.41, 5.74) is 16.7. The van der Waals surface area contributed by atoms with E-state index in [0.717, 1.165) is 0 Å². The van der Waals surface area contributed by atoms with Crippen LogP contribution in [0.4, 0.5) is 0 Å². The zero-order valence-electron chi connectivity index (χ0n) is 18.6. The molecule has 152 valence electrons. The summed E-state index contributed by atoms with van der Waals surface area (Å²) in [6.45, 7) is 6.43. The predicted molar refractivity (Wildman–Crippen MR) is 129 cm³/mol. The Morgan fingerprint density at radius 3 is 2.53 bits per heavy atom. The van der Waals surface area contributed by atoms with Crippen LogP contribution in [0.3, 0.4) is 0 Å². The van der Waals surface area contributed by atoms with Crippen molar-refractivity contribution in [2.24, 2.45) is 11.8 Å². The van der Waals surface area contributed by atoms with E-state index in [0.29, 0.717) is 17.8 Å². The molecule has 0 aliphatic heterocycles. The lowest BCUT2D eigenvalue weighted by molar-refractivity contribution is 0.626. The summed E-state index contributed by atoms with van der Waals surface area (Å²) in [4.78, 5) is 0. The number of fused-ring (bicyclic) bond motifs is 10. The van der Waals surface area contributed by atoms with Crippen LogP contribution in [-0.2, 0) is 19.3 Å². The normalized spacial score (nSPS) is 28.6. The van der Waals surface area contributed by atoms with Crippen LogP contribution in [0, 0.1) is 11.8 Å². The first-order chi connectivity index (χ1) is 14.8. The minimum Gasteiger partial charge on any atom is -0.0836 e. The van der Waals surface area contributed by atoms with Crippen LogP contribution in [0.2, 0.25) is 0 Å². The van der Waals surface area contributed by atoms with Gasteiger partial charge in [0.15, 0.2) is 0 Å². The number of allylic oxidation sites excluding steroid dienone is 12. The van der Waals surface area contributed by atoms with Gasteiger partial charge in [-0.3, -0.25) is 0 Å². The summed E-state index contributed by atoms with van der Waals surface area (Å²) in [6.07, 6.45) is 26.6. The van der Waals surface area contributed by atoms with Gasteiger partial charge in [-0.25, -0.2) is 0 Å². The smallest absolute Gasteiger partial charge is 0.00932 e. The lowest BCUT2D eigenvalue weighted by Crippen LogP contribution is -2.07. The molecule has 3 unspecified atom stereocenters. The molecule has 0 nitrogen and oxygen atoms in total. The molecule has 0 aromatic heterocycles. The highest BCUT2D eigenvalue weighted by atomic mass is 14.5. The van der Waals surface area contributed by atoms with Gasteiger partial charge in [-0.2, -0.15) is 0 Å². The van der Waals surface area contributed by atoms with E-state index in [9.17, 15) is 0 Å². The van der Waals surface area contributed by atoms with Crippen molar-refractivity contribution in [2.75, 3.05) is 0 Å². The van der Waals surface area contributed by atoms with E-state index in [1.54, 1.807) is 55.7 Å². The fourth-order valence-electron chi connectivity index (χ4n) is 6.94. The molecule has 0 saturated carbocycles. The molecule has 6 aliphatic rings. The summed E-state index contributed by atoms with van der Waals surface area (Å²) >= 11 is 0. The van der Waals surface area contributed by atoms with Crippen LogP contribution in [0.15, 0.2) is 59.8 Å². The molecule has 1 aromatic rings. The molecule has 0 bridgehead atoms. The fourth-order valence-corrected chi connectivity index (χ4v) is 6.94. The maximum absolute atomic E-state index is 2.49. The van der Waals surface area contributed by atoms with Crippen LogP contribution < -0.4 is 0 Å². The summed E-state index contributed by atoms with van der Waals surface area (Å²) in [6, 6.07) is 0. The zero-order chi connectivity index (χ0) is 20.4. The maximum Gasteiger partial charge on any atom is 0.00932 e. The standard InChI is InChI=1S/C28H26.C2H6/c1-16-7-6-12-21-22(16)15-25-27-20-11-5-3-8-17(20)13-23(27)26-19-10-4-2-9-18(19)14-24(26)28(21)25;1-2/h3-6,8,10-12,16-17,20H,2,7,9,13-15H2,1H3;1-2H3. The molecule has 0 saturated heterocycles. The van der Waals surface area contributed by atoms with Crippen LogP contribution in [0.5, 0.6) is 0 Å². The van der Waals surface area contributed by atoms with Gasteiger partial charge in [0.2, 0.25) is 0 Å². The van der Waals surface area contributed by atoms with Crippen molar-refractivity contribution in [3.05, 3.63) is 93.1 Å². The van der Waals surface area contributed by atoms with Gasteiger partial charge >= 0.3 is 0 Å². The van der Waals surface area contributed by atoms with E-state index in [-0.39, 0.29) is 0 Å². The van der Waals surface area contributed by atoms with Crippen LogP contribution in [0.25, 0.3) is 11.1 Å². The molecular formula is C30H32. The number of hydrogen-bond donors (Lipinski definition) is 0. The topological polar surface area (TPSA) is 0 Å². The molecule has 3 atom stereocenters. The molecule has 7 rings (SSSR count). The predicted octanol–water partition coefficient (Wildman–Crippen LogP) is 7.66. The number of rotatable bonds is 0. The van der Waals surface area contributed by atoms with Gasteiger partial charge in [0.1, 0.15) is 0 Å². The lowest BCUT2D eigenvalue weighted by atomic mass is 9.82. The highest BCUT2D eigenvalue weighted by molar-refractivity contribution is 5.95. The molecule has 1 aromatic carbocycles. The average Bonchev–Trinajstić information content (AvgIpc) is 3.46. The van der Waals surface area contributed by atoms with Crippen molar-refractivity contribution >= 4 is 11.1 Å². The van der Waals surface area contributed by atoms with Crippen LogP contribution in [0.1, 0.15) is 79.3 Å². The highest BCUT2D eigenvalue weighted by Gasteiger charge is 2.42. The molecule has 0 fully saturated rings. The van der Waals surface area contributed by atoms with Crippen molar-refractivity contribution in [2.45, 2.75) is 65.2 Å². The summed E-state index contributed by atoms with van der Waals surface area (Å²) in [7, 11) is 0. The van der Waals surface area contributed by atoms with Gasteiger partial charge in [-0.05, 0) is 94.9 Å². The Bertz CT molecular complexity index is 1130. The van der Waals surface area contributed by atoms with E-state index < -0.39 is 0 Å². The first kappa shape index (κ1) is 18.4. The van der Waals surface area contributed by atoms with Crippen LogP contribution in [-0.4, -0.2) is 0 Å². The third-order valence-electron chi connectivity index (χ3n) is 8.17. The molecule has 0 heteroatoms. The quantitative estimate of drug-likeness (QED) is 0.425. The van der Waals surface area contributed by atoms with Gasteiger partial charge in [0.05, 0.1) is 0 Å². The number of benzene rings is 1. The molecule has 30 heavy (non-hydrogen) atoms. The second-order valence-electron chi connectivity index (χ2n) is 9.55. The maximum atomic E-state index is 2.49. The van der Waals surface area contributed by atoms with E-state index >= 15 is 0 Å². The van der Waals surface area contributed by atoms with E-state index in [4.69, 9.17) is 0 Å². The first-order valence-electron chi connectivity index (χ1n) is 12.2. The lowest BCUT2D eigenvalue weighted by Gasteiger charge is -2.21. The SMILES string of the molecule is CC.CC1CC=CC2=C1Cc1c2c2c(c3c1C1C=CC=CC1C3)C1=C(CCC=C1)C2. The molecule has 0 amide bonds. The van der Waals surface area contributed by atoms with E-state index in [1.807, 2.05) is 13.8 Å². The molecule has 0 N–H and O–H groups in total. The largest absolute Gasteiger partial charge is 0.0836 e. The van der Waals surface area contributed by atoms with Gasteiger partial charge in [-0.15, -0.1) is 0 Å². The average molecular weight is 393 g/mol. The third-order valence-corrected chi connectivity index (χ3v) is 8.17. The first-order valence-corrected chi connectivity index (χ1v) is 12.2. The molecule has 6 aliphatic carbocycles. The van der Waals surface area contributed by atoms with E-state index in [2.05, 4.69) is 55.5 Å².